The van der Waals surface area contributed by atoms with E-state index in [0.29, 0.717) is 19.6 Å². The number of carbonyl (C=O) groups excluding carboxylic acids is 1. The molecule has 2 rings (SSSR count). The number of hydrogen-bond acceptors (Lipinski definition) is 4. The predicted octanol–water partition coefficient (Wildman–Crippen LogP) is 1.96. The Morgan fingerprint density at radius 2 is 2.38 bits per heavy atom. The fourth-order valence-corrected chi connectivity index (χ4v) is 3.13. The van der Waals surface area contributed by atoms with E-state index in [1.165, 1.54) is 0 Å². The van der Waals surface area contributed by atoms with Crippen LogP contribution in [0.15, 0.2) is 36.9 Å². The minimum absolute atomic E-state index is 0.0773. The Morgan fingerprint density at radius 1 is 1.52 bits per heavy atom. The van der Waals surface area contributed by atoms with Crippen molar-refractivity contribution in [3.63, 3.8) is 0 Å². The van der Waals surface area contributed by atoms with Crippen LogP contribution in [0.4, 0.5) is 0 Å². The fraction of sp³-hybridized carbons (Fsp3) is 0.438. The normalized spacial score (nSPS) is 18.0. The molecular formula is C16H22N2O2S. The highest BCUT2D eigenvalue weighted by Gasteiger charge is 2.16. The highest BCUT2D eigenvalue weighted by molar-refractivity contribution is 7.99. The van der Waals surface area contributed by atoms with Crippen LogP contribution in [-0.4, -0.2) is 36.6 Å². The van der Waals surface area contributed by atoms with Gasteiger partial charge in [-0.3, -0.25) is 4.79 Å². The van der Waals surface area contributed by atoms with E-state index in [-0.39, 0.29) is 11.9 Å². The van der Waals surface area contributed by atoms with Gasteiger partial charge in [-0.15, -0.1) is 0 Å². The molecule has 1 aromatic carbocycles. The van der Waals surface area contributed by atoms with Crippen LogP contribution in [-0.2, 0) is 11.3 Å². The van der Waals surface area contributed by atoms with E-state index in [1.54, 1.807) is 6.08 Å². The van der Waals surface area contributed by atoms with E-state index in [9.17, 15) is 4.79 Å². The van der Waals surface area contributed by atoms with Gasteiger partial charge in [0, 0.05) is 42.6 Å². The van der Waals surface area contributed by atoms with Gasteiger partial charge in [-0.05, 0) is 6.07 Å². The second kappa shape index (κ2) is 8.74. The first-order valence-corrected chi connectivity index (χ1v) is 8.34. The lowest BCUT2D eigenvalue weighted by Gasteiger charge is -2.22. The molecule has 114 valence electrons. The van der Waals surface area contributed by atoms with Gasteiger partial charge in [-0.25, -0.2) is 0 Å². The molecule has 0 aromatic heterocycles. The van der Waals surface area contributed by atoms with Crippen molar-refractivity contribution >= 4 is 17.7 Å². The quantitative estimate of drug-likeness (QED) is 0.756. The molecule has 1 aliphatic rings. The van der Waals surface area contributed by atoms with E-state index in [0.717, 1.165) is 29.4 Å². The number of ether oxygens (including phenoxy) is 1. The molecule has 1 aromatic rings. The van der Waals surface area contributed by atoms with Crippen molar-refractivity contribution in [3.05, 3.63) is 42.5 Å². The summed E-state index contributed by atoms with van der Waals surface area (Å²) in [4.78, 5) is 12.0. The number of carbonyl (C=O) groups is 1. The standard InChI is InChI=1S/C16H22N2O2S/c1-2-8-20-15-6-4-3-5-13(15)11-18-16(19)10-14-12-21-9-7-17-14/h2-6,14,17H,1,7-12H2,(H,18,19). The molecule has 0 spiro atoms. The van der Waals surface area contributed by atoms with Gasteiger partial charge in [0.25, 0.3) is 0 Å². The van der Waals surface area contributed by atoms with Crippen LogP contribution in [0.1, 0.15) is 12.0 Å². The van der Waals surface area contributed by atoms with Gasteiger partial charge in [0.15, 0.2) is 0 Å². The van der Waals surface area contributed by atoms with Crippen molar-refractivity contribution in [2.75, 3.05) is 24.7 Å². The SMILES string of the molecule is C=CCOc1ccccc1CNC(=O)CC1CSCCN1. The Kier molecular flexibility index (Phi) is 6.63. The maximum Gasteiger partial charge on any atom is 0.221 e. The van der Waals surface area contributed by atoms with Crippen molar-refractivity contribution in [1.82, 2.24) is 10.6 Å². The van der Waals surface area contributed by atoms with Crippen LogP contribution in [0.5, 0.6) is 5.75 Å². The van der Waals surface area contributed by atoms with Gasteiger partial charge < -0.3 is 15.4 Å². The van der Waals surface area contributed by atoms with E-state index < -0.39 is 0 Å². The Labute approximate surface area is 130 Å². The largest absolute Gasteiger partial charge is 0.489 e. The predicted molar refractivity (Wildman–Crippen MR) is 87.7 cm³/mol. The molecule has 1 atom stereocenters. The Balaban J connectivity index is 1.81. The first-order valence-electron chi connectivity index (χ1n) is 7.19. The minimum Gasteiger partial charge on any atom is -0.489 e. The molecule has 1 heterocycles. The Hall–Kier alpha value is -1.46. The molecule has 0 saturated carbocycles. The number of hydrogen-bond donors (Lipinski definition) is 2. The van der Waals surface area contributed by atoms with E-state index >= 15 is 0 Å². The molecule has 4 nitrogen and oxygen atoms in total. The van der Waals surface area contributed by atoms with Crippen LogP contribution in [0.2, 0.25) is 0 Å². The molecular weight excluding hydrogens is 284 g/mol. The molecule has 0 bridgehead atoms. The molecule has 1 unspecified atom stereocenters. The Morgan fingerprint density at radius 3 is 3.14 bits per heavy atom. The number of para-hydroxylation sites is 1. The van der Waals surface area contributed by atoms with E-state index in [2.05, 4.69) is 17.2 Å². The molecule has 0 radical (unpaired) electrons. The molecule has 1 saturated heterocycles. The zero-order valence-electron chi connectivity index (χ0n) is 12.1. The number of benzene rings is 1. The maximum absolute atomic E-state index is 12.0. The van der Waals surface area contributed by atoms with Crippen molar-refractivity contribution in [2.24, 2.45) is 0 Å². The van der Waals surface area contributed by atoms with Crippen LogP contribution < -0.4 is 15.4 Å². The molecule has 1 amide bonds. The zero-order valence-corrected chi connectivity index (χ0v) is 13.0. The average molecular weight is 306 g/mol. The molecule has 21 heavy (non-hydrogen) atoms. The summed E-state index contributed by atoms with van der Waals surface area (Å²) < 4.78 is 5.58. The summed E-state index contributed by atoms with van der Waals surface area (Å²) in [7, 11) is 0. The summed E-state index contributed by atoms with van der Waals surface area (Å²) in [5, 5.41) is 6.34. The zero-order chi connectivity index (χ0) is 14.9. The van der Waals surface area contributed by atoms with Crippen LogP contribution in [0, 0.1) is 0 Å². The number of amides is 1. The van der Waals surface area contributed by atoms with E-state index in [1.807, 2.05) is 36.0 Å². The second-order valence-electron chi connectivity index (χ2n) is 4.91. The summed E-state index contributed by atoms with van der Waals surface area (Å²) in [6.45, 7) is 5.59. The number of rotatable bonds is 7. The Bertz CT molecular complexity index is 473. The van der Waals surface area contributed by atoms with Crippen molar-refractivity contribution in [1.29, 1.82) is 0 Å². The lowest BCUT2D eigenvalue weighted by Crippen LogP contribution is -2.41. The molecule has 2 N–H and O–H groups in total. The monoisotopic (exact) mass is 306 g/mol. The summed E-state index contributed by atoms with van der Waals surface area (Å²) in [6.07, 6.45) is 2.24. The van der Waals surface area contributed by atoms with Gasteiger partial charge >= 0.3 is 0 Å². The topological polar surface area (TPSA) is 50.4 Å². The lowest BCUT2D eigenvalue weighted by atomic mass is 10.2. The molecule has 1 aliphatic heterocycles. The van der Waals surface area contributed by atoms with E-state index in [4.69, 9.17) is 4.74 Å². The fourth-order valence-electron chi connectivity index (χ4n) is 2.18. The van der Waals surface area contributed by atoms with Gasteiger partial charge in [-0.1, -0.05) is 30.9 Å². The van der Waals surface area contributed by atoms with Crippen LogP contribution >= 0.6 is 11.8 Å². The molecule has 5 heteroatoms. The lowest BCUT2D eigenvalue weighted by molar-refractivity contribution is -0.121. The van der Waals surface area contributed by atoms with Crippen molar-refractivity contribution in [3.8, 4) is 5.75 Å². The van der Waals surface area contributed by atoms with Gasteiger partial charge in [0.1, 0.15) is 12.4 Å². The summed E-state index contributed by atoms with van der Waals surface area (Å²) in [5.74, 6) is 3.01. The molecule has 1 fully saturated rings. The summed E-state index contributed by atoms with van der Waals surface area (Å²) in [5.41, 5.74) is 0.985. The van der Waals surface area contributed by atoms with Gasteiger partial charge in [0.2, 0.25) is 5.91 Å². The summed E-state index contributed by atoms with van der Waals surface area (Å²) in [6, 6.07) is 8.03. The third-order valence-corrected chi connectivity index (χ3v) is 4.37. The van der Waals surface area contributed by atoms with Crippen molar-refractivity contribution in [2.45, 2.75) is 19.0 Å². The number of nitrogens with one attached hydrogen (secondary N) is 2. The highest BCUT2D eigenvalue weighted by Crippen LogP contribution is 2.18. The van der Waals surface area contributed by atoms with Crippen molar-refractivity contribution < 1.29 is 9.53 Å². The number of thioether (sulfide) groups is 1. The average Bonchev–Trinajstić information content (AvgIpc) is 2.52. The first-order chi connectivity index (χ1) is 10.3. The van der Waals surface area contributed by atoms with Gasteiger partial charge in [-0.2, -0.15) is 11.8 Å². The third-order valence-electron chi connectivity index (χ3n) is 3.24. The minimum atomic E-state index is 0.0773. The second-order valence-corrected chi connectivity index (χ2v) is 6.06. The maximum atomic E-state index is 12.0. The third kappa shape index (κ3) is 5.44. The van der Waals surface area contributed by atoms with Crippen LogP contribution in [0.3, 0.4) is 0 Å². The summed E-state index contributed by atoms with van der Waals surface area (Å²) >= 11 is 1.90. The highest BCUT2D eigenvalue weighted by atomic mass is 32.2. The van der Waals surface area contributed by atoms with Gasteiger partial charge in [0.05, 0.1) is 0 Å². The smallest absolute Gasteiger partial charge is 0.221 e. The molecule has 0 aliphatic carbocycles. The first kappa shape index (κ1) is 15.9. The van der Waals surface area contributed by atoms with Crippen LogP contribution in [0.25, 0.3) is 0 Å².